The number of benzene rings is 1. The van der Waals surface area contributed by atoms with Gasteiger partial charge in [-0.3, -0.25) is 4.79 Å². The molecular weight excluding hydrogens is 222 g/mol. The molecule has 1 aromatic rings. The van der Waals surface area contributed by atoms with Crippen LogP contribution in [0.1, 0.15) is 12.8 Å². The summed E-state index contributed by atoms with van der Waals surface area (Å²) in [6, 6.07) is 7.04. The average molecular weight is 233 g/mol. The number of ketones is 1. The van der Waals surface area contributed by atoms with E-state index in [1.807, 2.05) is 6.07 Å². The van der Waals surface area contributed by atoms with Crippen molar-refractivity contribution in [2.75, 3.05) is 13.4 Å². The van der Waals surface area contributed by atoms with Gasteiger partial charge in [0.1, 0.15) is 11.5 Å². The van der Waals surface area contributed by atoms with E-state index in [0.717, 1.165) is 0 Å². The Bertz CT molecular complexity index is 464. The average Bonchev–Trinajstić information content (AvgIpc) is 2.76. The first-order valence-corrected chi connectivity index (χ1v) is 5.20. The minimum Gasteiger partial charge on any atom is -0.493 e. The van der Waals surface area contributed by atoms with Gasteiger partial charge >= 0.3 is 0 Å². The van der Waals surface area contributed by atoms with E-state index in [9.17, 15) is 4.79 Å². The molecule has 1 heterocycles. The number of fused-ring (bicyclic) bond motifs is 1. The van der Waals surface area contributed by atoms with Gasteiger partial charge in [-0.25, -0.2) is 0 Å². The third kappa shape index (κ3) is 2.88. The van der Waals surface area contributed by atoms with Crippen molar-refractivity contribution in [3.8, 4) is 23.3 Å². The summed E-state index contributed by atoms with van der Waals surface area (Å²) in [7, 11) is 0. The number of carbonyl (C=O) groups is 1. The standard InChI is InChI=1S/C12H11NO4/c13-5-3-9(14)4-6-15-10-1-2-11-12(7-10)17-8-16-11/h1-2,7H,3-4,6,8H2. The van der Waals surface area contributed by atoms with E-state index in [-0.39, 0.29) is 32.0 Å². The number of nitrogens with zero attached hydrogens (tertiary/aromatic N) is 1. The minimum atomic E-state index is -0.117. The summed E-state index contributed by atoms with van der Waals surface area (Å²) in [4.78, 5) is 11.1. The fourth-order valence-corrected chi connectivity index (χ4v) is 1.43. The van der Waals surface area contributed by atoms with Crippen molar-refractivity contribution in [3.63, 3.8) is 0 Å². The monoisotopic (exact) mass is 233 g/mol. The topological polar surface area (TPSA) is 68.6 Å². The van der Waals surface area contributed by atoms with Crippen molar-refractivity contribution in [1.29, 1.82) is 5.26 Å². The van der Waals surface area contributed by atoms with Gasteiger partial charge in [0.15, 0.2) is 11.5 Å². The minimum absolute atomic E-state index is 0.0650. The highest BCUT2D eigenvalue weighted by Gasteiger charge is 2.13. The maximum absolute atomic E-state index is 11.1. The molecule has 0 spiro atoms. The summed E-state index contributed by atoms with van der Waals surface area (Å²) in [5.74, 6) is 1.84. The van der Waals surface area contributed by atoms with Crippen LogP contribution in [0.15, 0.2) is 18.2 Å². The van der Waals surface area contributed by atoms with E-state index >= 15 is 0 Å². The molecule has 0 aromatic heterocycles. The summed E-state index contributed by atoms with van der Waals surface area (Å²) < 4.78 is 15.7. The Balaban J connectivity index is 1.84. The number of hydrogen-bond donors (Lipinski definition) is 0. The Labute approximate surface area is 98.5 Å². The van der Waals surface area contributed by atoms with Gasteiger partial charge in [-0.2, -0.15) is 5.26 Å². The molecule has 0 saturated carbocycles. The number of rotatable bonds is 5. The van der Waals surface area contributed by atoms with Crippen molar-refractivity contribution >= 4 is 5.78 Å². The molecule has 0 bridgehead atoms. The molecule has 17 heavy (non-hydrogen) atoms. The molecule has 0 atom stereocenters. The first-order chi connectivity index (χ1) is 8.29. The van der Waals surface area contributed by atoms with Gasteiger partial charge in [-0.15, -0.1) is 0 Å². The molecule has 5 nitrogen and oxygen atoms in total. The highest BCUT2D eigenvalue weighted by molar-refractivity contribution is 5.80. The van der Waals surface area contributed by atoms with E-state index < -0.39 is 0 Å². The van der Waals surface area contributed by atoms with Crippen molar-refractivity contribution in [1.82, 2.24) is 0 Å². The lowest BCUT2D eigenvalue weighted by Crippen LogP contribution is -2.05. The molecule has 1 aromatic carbocycles. The van der Waals surface area contributed by atoms with Crippen LogP contribution in [-0.2, 0) is 4.79 Å². The number of nitriles is 1. The van der Waals surface area contributed by atoms with E-state index in [1.54, 1.807) is 18.2 Å². The highest BCUT2D eigenvalue weighted by Crippen LogP contribution is 2.35. The van der Waals surface area contributed by atoms with Gasteiger partial charge in [-0.1, -0.05) is 0 Å². The van der Waals surface area contributed by atoms with Crippen molar-refractivity contribution < 1.29 is 19.0 Å². The SMILES string of the molecule is N#CCC(=O)CCOc1ccc2c(c1)OCO2. The zero-order valence-electron chi connectivity index (χ0n) is 9.14. The predicted molar refractivity (Wildman–Crippen MR) is 57.9 cm³/mol. The Hall–Kier alpha value is -2.22. The first kappa shape index (κ1) is 11.3. The molecule has 0 N–H and O–H groups in total. The second-order valence-electron chi connectivity index (χ2n) is 3.49. The Morgan fingerprint density at radius 3 is 3.06 bits per heavy atom. The maximum Gasteiger partial charge on any atom is 0.231 e. The number of carbonyl (C=O) groups excluding carboxylic acids is 1. The van der Waals surface area contributed by atoms with Gasteiger partial charge in [0.2, 0.25) is 6.79 Å². The third-order valence-electron chi connectivity index (χ3n) is 2.27. The van der Waals surface area contributed by atoms with Gasteiger partial charge in [-0.05, 0) is 12.1 Å². The number of hydrogen-bond acceptors (Lipinski definition) is 5. The Morgan fingerprint density at radius 1 is 1.41 bits per heavy atom. The molecule has 88 valence electrons. The Kier molecular flexibility index (Phi) is 3.46. The number of Topliss-reactive ketones (excluding diaryl/α,β-unsaturated/α-hetero) is 1. The fourth-order valence-electron chi connectivity index (χ4n) is 1.43. The first-order valence-electron chi connectivity index (χ1n) is 5.20. The maximum atomic E-state index is 11.1. The van der Waals surface area contributed by atoms with Gasteiger partial charge < -0.3 is 14.2 Å². The molecule has 0 saturated heterocycles. The highest BCUT2D eigenvalue weighted by atomic mass is 16.7. The normalized spacial score (nSPS) is 11.9. The van der Waals surface area contributed by atoms with Crippen LogP contribution in [0, 0.1) is 11.3 Å². The van der Waals surface area contributed by atoms with E-state index in [1.165, 1.54) is 0 Å². The van der Waals surface area contributed by atoms with Crippen molar-refractivity contribution in [2.24, 2.45) is 0 Å². The van der Waals surface area contributed by atoms with Crippen molar-refractivity contribution in [3.05, 3.63) is 18.2 Å². The molecule has 0 fully saturated rings. The summed E-state index contributed by atoms with van der Waals surface area (Å²) in [6.45, 7) is 0.486. The molecule has 2 rings (SSSR count). The quantitative estimate of drug-likeness (QED) is 0.773. The fraction of sp³-hybridized carbons (Fsp3) is 0.333. The zero-order valence-corrected chi connectivity index (χ0v) is 9.14. The van der Waals surface area contributed by atoms with Gasteiger partial charge in [0.25, 0.3) is 0 Å². The largest absolute Gasteiger partial charge is 0.493 e. The van der Waals surface area contributed by atoms with E-state index in [0.29, 0.717) is 17.2 Å². The van der Waals surface area contributed by atoms with Crippen LogP contribution in [-0.4, -0.2) is 19.2 Å². The third-order valence-corrected chi connectivity index (χ3v) is 2.27. The summed E-state index contributed by atoms with van der Waals surface area (Å²) in [6.07, 6.45) is 0.173. The van der Waals surface area contributed by atoms with E-state index in [2.05, 4.69) is 0 Å². The predicted octanol–water partition coefficient (Wildman–Crippen LogP) is 1.67. The van der Waals surface area contributed by atoms with Crippen LogP contribution >= 0.6 is 0 Å². The molecular formula is C12H11NO4. The van der Waals surface area contributed by atoms with E-state index in [4.69, 9.17) is 19.5 Å². The van der Waals surface area contributed by atoms with Crippen LogP contribution in [0.25, 0.3) is 0 Å². The van der Waals surface area contributed by atoms with Crippen LogP contribution in [0.4, 0.5) is 0 Å². The Morgan fingerprint density at radius 2 is 2.24 bits per heavy atom. The van der Waals surface area contributed by atoms with Crippen LogP contribution in [0.3, 0.4) is 0 Å². The second kappa shape index (κ2) is 5.21. The van der Waals surface area contributed by atoms with Crippen LogP contribution in [0.2, 0.25) is 0 Å². The molecule has 1 aliphatic heterocycles. The summed E-state index contributed by atoms with van der Waals surface area (Å²) in [5, 5.41) is 8.32. The molecule has 0 amide bonds. The summed E-state index contributed by atoms with van der Waals surface area (Å²) >= 11 is 0. The lowest BCUT2D eigenvalue weighted by Gasteiger charge is -2.05. The van der Waals surface area contributed by atoms with Gasteiger partial charge in [0, 0.05) is 12.5 Å². The molecule has 1 aliphatic rings. The number of ether oxygens (including phenoxy) is 3. The molecule has 5 heteroatoms. The second-order valence-corrected chi connectivity index (χ2v) is 3.49. The zero-order chi connectivity index (χ0) is 12.1. The summed E-state index contributed by atoms with van der Waals surface area (Å²) in [5.41, 5.74) is 0. The molecule has 0 radical (unpaired) electrons. The lowest BCUT2D eigenvalue weighted by molar-refractivity contribution is -0.118. The van der Waals surface area contributed by atoms with Crippen molar-refractivity contribution in [2.45, 2.75) is 12.8 Å². The molecule has 0 unspecified atom stereocenters. The van der Waals surface area contributed by atoms with Crippen LogP contribution in [0.5, 0.6) is 17.2 Å². The smallest absolute Gasteiger partial charge is 0.231 e. The lowest BCUT2D eigenvalue weighted by atomic mass is 10.2. The molecule has 0 aliphatic carbocycles. The van der Waals surface area contributed by atoms with Crippen LogP contribution < -0.4 is 14.2 Å². The van der Waals surface area contributed by atoms with Gasteiger partial charge in [0.05, 0.1) is 19.1 Å².